The number of ketones is 1. The summed E-state index contributed by atoms with van der Waals surface area (Å²) in [5.74, 6) is -1.60. The van der Waals surface area contributed by atoms with Gasteiger partial charge >= 0.3 is 6.18 Å². The van der Waals surface area contributed by atoms with Crippen LogP contribution in [0.2, 0.25) is 0 Å². The number of allylic oxidation sites excluding steroid dienone is 1. The lowest BCUT2D eigenvalue weighted by Gasteiger charge is -2.06. The molecule has 0 saturated heterocycles. The first-order valence-corrected chi connectivity index (χ1v) is 6.41. The van der Waals surface area contributed by atoms with E-state index in [1.165, 1.54) is 18.2 Å². The van der Waals surface area contributed by atoms with E-state index in [2.05, 4.69) is 0 Å². The average Bonchev–Trinajstić information content (AvgIpc) is 2.52. The van der Waals surface area contributed by atoms with Crippen molar-refractivity contribution >= 4 is 11.9 Å². The lowest BCUT2D eigenvalue weighted by Crippen LogP contribution is -2.05. The summed E-state index contributed by atoms with van der Waals surface area (Å²) in [6, 6.07) is 10.8. The SMILES string of the molecule is N#C/C(=C\c1ccc(C(F)(F)F)cc1)C(=O)c1ccccc1F. The number of nitrogens with zero attached hydrogens (tertiary/aromatic N) is 1. The molecule has 0 atom stereocenters. The van der Waals surface area contributed by atoms with E-state index in [-0.39, 0.29) is 16.7 Å². The van der Waals surface area contributed by atoms with Gasteiger partial charge < -0.3 is 0 Å². The Hall–Kier alpha value is -2.94. The minimum absolute atomic E-state index is 0.235. The molecular formula is C17H9F4NO. The van der Waals surface area contributed by atoms with Crippen molar-refractivity contribution in [3.63, 3.8) is 0 Å². The van der Waals surface area contributed by atoms with Crippen LogP contribution in [0.15, 0.2) is 54.1 Å². The van der Waals surface area contributed by atoms with Crippen molar-refractivity contribution in [2.75, 3.05) is 0 Å². The lowest BCUT2D eigenvalue weighted by molar-refractivity contribution is -0.137. The number of Topliss-reactive ketones (excluding diaryl/α,β-unsaturated/α-hetero) is 1. The van der Waals surface area contributed by atoms with Crippen LogP contribution >= 0.6 is 0 Å². The molecule has 0 aromatic heterocycles. The molecule has 23 heavy (non-hydrogen) atoms. The summed E-state index contributed by atoms with van der Waals surface area (Å²) >= 11 is 0. The van der Waals surface area contributed by atoms with Gasteiger partial charge in [-0.25, -0.2) is 4.39 Å². The number of nitriles is 1. The largest absolute Gasteiger partial charge is 0.416 e. The fourth-order valence-electron chi connectivity index (χ4n) is 1.87. The summed E-state index contributed by atoms with van der Waals surface area (Å²) in [7, 11) is 0. The van der Waals surface area contributed by atoms with Gasteiger partial charge in [-0.2, -0.15) is 18.4 Å². The number of halogens is 4. The van der Waals surface area contributed by atoms with Gasteiger partial charge in [-0.1, -0.05) is 24.3 Å². The van der Waals surface area contributed by atoms with E-state index in [0.717, 1.165) is 36.4 Å². The summed E-state index contributed by atoms with van der Waals surface area (Å²) in [4.78, 5) is 12.1. The molecule has 0 unspecified atom stereocenters. The monoisotopic (exact) mass is 319 g/mol. The molecule has 0 N–H and O–H groups in total. The number of alkyl halides is 3. The molecule has 2 aromatic rings. The zero-order valence-electron chi connectivity index (χ0n) is 11.6. The second kappa shape index (κ2) is 6.44. The van der Waals surface area contributed by atoms with E-state index in [1.54, 1.807) is 6.07 Å². The van der Waals surface area contributed by atoms with Crippen LogP contribution < -0.4 is 0 Å². The third-order valence-corrected chi connectivity index (χ3v) is 3.03. The van der Waals surface area contributed by atoms with Crippen LogP contribution in [0.5, 0.6) is 0 Å². The minimum Gasteiger partial charge on any atom is -0.288 e. The average molecular weight is 319 g/mol. The number of hydrogen-bond donors (Lipinski definition) is 0. The molecule has 2 nitrogen and oxygen atoms in total. The Morgan fingerprint density at radius 3 is 2.17 bits per heavy atom. The highest BCUT2D eigenvalue weighted by molar-refractivity contribution is 6.14. The maximum absolute atomic E-state index is 13.6. The molecule has 2 rings (SSSR count). The van der Waals surface area contributed by atoms with Gasteiger partial charge in [0.1, 0.15) is 17.5 Å². The first kappa shape index (κ1) is 16.4. The molecule has 0 spiro atoms. The van der Waals surface area contributed by atoms with Gasteiger partial charge in [-0.15, -0.1) is 0 Å². The van der Waals surface area contributed by atoms with Crippen LogP contribution in [0.4, 0.5) is 17.6 Å². The topological polar surface area (TPSA) is 40.9 Å². The molecule has 0 saturated carbocycles. The van der Waals surface area contributed by atoms with Crippen molar-refractivity contribution in [2.24, 2.45) is 0 Å². The number of carbonyl (C=O) groups is 1. The van der Waals surface area contributed by atoms with Gasteiger partial charge in [-0.05, 0) is 35.9 Å². The van der Waals surface area contributed by atoms with Crippen LogP contribution in [-0.2, 0) is 6.18 Å². The summed E-state index contributed by atoms with van der Waals surface area (Å²) in [6.45, 7) is 0. The van der Waals surface area contributed by atoms with E-state index >= 15 is 0 Å². The van der Waals surface area contributed by atoms with E-state index in [4.69, 9.17) is 5.26 Å². The Kier molecular flexibility index (Phi) is 4.60. The van der Waals surface area contributed by atoms with Crippen LogP contribution in [0.1, 0.15) is 21.5 Å². The summed E-state index contributed by atoms with van der Waals surface area (Å²) in [6.07, 6.45) is -3.35. The molecule has 0 aliphatic heterocycles. The molecule has 0 bridgehead atoms. The van der Waals surface area contributed by atoms with Gasteiger partial charge in [0, 0.05) is 0 Å². The van der Waals surface area contributed by atoms with Gasteiger partial charge in [0.2, 0.25) is 5.78 Å². The van der Waals surface area contributed by atoms with Crippen LogP contribution in [0.3, 0.4) is 0 Å². The first-order chi connectivity index (χ1) is 10.8. The molecule has 0 radical (unpaired) electrons. The van der Waals surface area contributed by atoms with Gasteiger partial charge in [0.15, 0.2) is 0 Å². The maximum Gasteiger partial charge on any atom is 0.416 e. The van der Waals surface area contributed by atoms with E-state index in [9.17, 15) is 22.4 Å². The number of carbonyl (C=O) groups excluding carboxylic acids is 1. The number of hydrogen-bond acceptors (Lipinski definition) is 2. The smallest absolute Gasteiger partial charge is 0.288 e. The van der Waals surface area contributed by atoms with Crippen molar-refractivity contribution < 1.29 is 22.4 Å². The molecule has 0 fully saturated rings. The zero-order valence-corrected chi connectivity index (χ0v) is 11.6. The van der Waals surface area contributed by atoms with Crippen molar-refractivity contribution in [1.82, 2.24) is 0 Å². The van der Waals surface area contributed by atoms with Crippen molar-refractivity contribution in [1.29, 1.82) is 5.26 Å². The molecule has 6 heteroatoms. The van der Waals surface area contributed by atoms with Crippen LogP contribution in [0, 0.1) is 17.1 Å². The Bertz CT molecular complexity index is 799. The molecule has 2 aromatic carbocycles. The Balaban J connectivity index is 2.34. The normalized spacial score (nSPS) is 11.9. The van der Waals surface area contributed by atoms with Gasteiger partial charge in [-0.3, -0.25) is 4.79 Å². The Morgan fingerprint density at radius 2 is 1.65 bits per heavy atom. The molecule has 0 aliphatic carbocycles. The summed E-state index contributed by atoms with van der Waals surface area (Å²) in [5, 5.41) is 9.05. The minimum atomic E-state index is -4.47. The predicted octanol–water partition coefficient (Wildman–Crippen LogP) is 4.63. The number of benzene rings is 2. The second-order valence-electron chi connectivity index (χ2n) is 4.60. The fourth-order valence-corrected chi connectivity index (χ4v) is 1.87. The molecule has 116 valence electrons. The highest BCUT2D eigenvalue weighted by atomic mass is 19.4. The summed E-state index contributed by atoms with van der Waals surface area (Å²) < 4.78 is 51.0. The molecule has 0 aliphatic rings. The molecule has 0 amide bonds. The standard InChI is InChI=1S/C17H9F4NO/c18-15-4-2-1-3-14(15)16(23)12(10-22)9-11-5-7-13(8-6-11)17(19,20)21/h1-9H/b12-9+. The Morgan fingerprint density at radius 1 is 1.04 bits per heavy atom. The predicted molar refractivity (Wildman–Crippen MR) is 75.8 cm³/mol. The number of rotatable bonds is 3. The third kappa shape index (κ3) is 3.83. The van der Waals surface area contributed by atoms with E-state index < -0.39 is 23.3 Å². The molecular weight excluding hydrogens is 310 g/mol. The van der Waals surface area contributed by atoms with Gasteiger partial charge in [0.25, 0.3) is 0 Å². The van der Waals surface area contributed by atoms with Crippen LogP contribution in [-0.4, -0.2) is 5.78 Å². The maximum atomic E-state index is 13.6. The molecule has 0 heterocycles. The van der Waals surface area contributed by atoms with Gasteiger partial charge in [0.05, 0.1) is 11.1 Å². The quantitative estimate of drug-likeness (QED) is 0.358. The van der Waals surface area contributed by atoms with Crippen molar-refractivity contribution in [3.8, 4) is 6.07 Å². The highest BCUT2D eigenvalue weighted by Gasteiger charge is 2.29. The van der Waals surface area contributed by atoms with Crippen molar-refractivity contribution in [3.05, 3.63) is 76.6 Å². The van der Waals surface area contributed by atoms with E-state index in [0.29, 0.717) is 0 Å². The Labute approximate surface area is 129 Å². The zero-order chi connectivity index (χ0) is 17.0. The highest BCUT2D eigenvalue weighted by Crippen LogP contribution is 2.29. The fraction of sp³-hybridized carbons (Fsp3) is 0.0588. The van der Waals surface area contributed by atoms with Crippen LogP contribution in [0.25, 0.3) is 6.08 Å². The van der Waals surface area contributed by atoms with E-state index in [1.807, 2.05) is 0 Å². The third-order valence-electron chi connectivity index (χ3n) is 3.03. The second-order valence-corrected chi connectivity index (χ2v) is 4.60. The lowest BCUT2D eigenvalue weighted by atomic mass is 10.0. The first-order valence-electron chi connectivity index (χ1n) is 6.41. The van der Waals surface area contributed by atoms with Crippen molar-refractivity contribution in [2.45, 2.75) is 6.18 Å². The summed E-state index contributed by atoms with van der Waals surface area (Å²) in [5.41, 5.74) is -1.24.